The first-order valence-electron chi connectivity index (χ1n) is 6.69. The van der Waals surface area contributed by atoms with Crippen LogP contribution in [0.1, 0.15) is 18.7 Å². The van der Waals surface area contributed by atoms with E-state index in [1.165, 1.54) is 12.8 Å². The van der Waals surface area contributed by atoms with Gasteiger partial charge in [0.25, 0.3) is 0 Å². The van der Waals surface area contributed by atoms with Crippen LogP contribution in [0.5, 0.6) is 0 Å². The smallest absolute Gasteiger partial charge is 0.247 e. The zero-order valence-corrected chi connectivity index (χ0v) is 11.8. The van der Waals surface area contributed by atoms with E-state index >= 15 is 0 Å². The third-order valence-corrected chi connectivity index (χ3v) is 3.56. The Morgan fingerprint density at radius 1 is 1.35 bits per heavy atom. The van der Waals surface area contributed by atoms with E-state index in [-0.39, 0.29) is 6.61 Å². The summed E-state index contributed by atoms with van der Waals surface area (Å²) in [6.45, 7) is 1.37. The molecule has 3 rings (SSSR count). The van der Waals surface area contributed by atoms with Gasteiger partial charge in [-0.25, -0.2) is 0 Å². The van der Waals surface area contributed by atoms with Crippen molar-refractivity contribution in [1.29, 1.82) is 0 Å². The highest BCUT2D eigenvalue weighted by Crippen LogP contribution is 2.28. The van der Waals surface area contributed by atoms with Crippen LogP contribution in [-0.4, -0.2) is 39.4 Å². The van der Waals surface area contributed by atoms with Crippen LogP contribution in [0.25, 0.3) is 11.5 Å². The van der Waals surface area contributed by atoms with Crippen molar-refractivity contribution in [3.05, 3.63) is 35.2 Å². The van der Waals surface area contributed by atoms with Crippen LogP contribution in [0, 0.1) is 0 Å². The van der Waals surface area contributed by atoms with Gasteiger partial charge in [0.2, 0.25) is 11.8 Å². The van der Waals surface area contributed by atoms with E-state index in [4.69, 9.17) is 21.1 Å². The van der Waals surface area contributed by atoms with Crippen LogP contribution in [0.15, 0.2) is 28.7 Å². The minimum atomic E-state index is 0.145. The van der Waals surface area contributed by atoms with Crippen molar-refractivity contribution in [2.24, 2.45) is 0 Å². The van der Waals surface area contributed by atoms with Gasteiger partial charge in [-0.05, 0) is 31.0 Å². The Morgan fingerprint density at radius 2 is 2.20 bits per heavy atom. The van der Waals surface area contributed by atoms with Gasteiger partial charge in [-0.3, -0.25) is 4.90 Å². The van der Waals surface area contributed by atoms with Crippen molar-refractivity contribution in [3.8, 4) is 11.5 Å². The Bertz CT molecular complexity index is 583. The number of nitrogens with zero attached hydrogens (tertiary/aromatic N) is 3. The Balaban J connectivity index is 1.73. The number of aromatic nitrogens is 2. The molecule has 1 saturated carbocycles. The third-order valence-electron chi connectivity index (χ3n) is 3.33. The molecule has 0 unspecified atom stereocenters. The lowest BCUT2D eigenvalue weighted by Crippen LogP contribution is -2.28. The third kappa shape index (κ3) is 3.17. The van der Waals surface area contributed by atoms with Crippen LogP contribution in [0.2, 0.25) is 5.02 Å². The van der Waals surface area contributed by atoms with Crippen molar-refractivity contribution < 1.29 is 9.52 Å². The number of rotatable bonds is 6. The van der Waals surface area contributed by atoms with Gasteiger partial charge in [0.05, 0.1) is 13.2 Å². The summed E-state index contributed by atoms with van der Waals surface area (Å²) in [6, 6.07) is 7.88. The number of aliphatic hydroxyl groups excluding tert-OH is 1. The monoisotopic (exact) mass is 293 g/mol. The molecule has 0 saturated heterocycles. The largest absolute Gasteiger partial charge is 0.419 e. The molecule has 1 aromatic carbocycles. The van der Waals surface area contributed by atoms with E-state index in [0.29, 0.717) is 35.9 Å². The van der Waals surface area contributed by atoms with Gasteiger partial charge in [0.15, 0.2) is 0 Å². The number of aliphatic hydroxyl groups is 1. The van der Waals surface area contributed by atoms with Crippen molar-refractivity contribution in [2.45, 2.75) is 25.4 Å². The summed E-state index contributed by atoms with van der Waals surface area (Å²) in [5, 5.41) is 17.9. The zero-order valence-electron chi connectivity index (χ0n) is 11.0. The molecule has 1 aromatic heterocycles. The van der Waals surface area contributed by atoms with E-state index in [1.807, 2.05) is 12.1 Å². The predicted octanol–water partition coefficient (Wildman–Crippen LogP) is 2.35. The lowest BCUT2D eigenvalue weighted by atomic mass is 10.2. The molecule has 0 bridgehead atoms. The molecule has 0 amide bonds. The summed E-state index contributed by atoms with van der Waals surface area (Å²) in [5.74, 6) is 1.04. The van der Waals surface area contributed by atoms with E-state index < -0.39 is 0 Å². The molecule has 0 aliphatic heterocycles. The Morgan fingerprint density at radius 3 is 2.90 bits per heavy atom. The van der Waals surface area contributed by atoms with Crippen LogP contribution in [0.3, 0.4) is 0 Å². The maximum atomic E-state index is 9.08. The number of halogens is 1. The van der Waals surface area contributed by atoms with Gasteiger partial charge in [0, 0.05) is 23.2 Å². The average molecular weight is 294 g/mol. The molecule has 106 valence electrons. The van der Waals surface area contributed by atoms with Crippen LogP contribution in [-0.2, 0) is 6.54 Å². The van der Waals surface area contributed by atoms with Gasteiger partial charge >= 0.3 is 0 Å². The predicted molar refractivity (Wildman–Crippen MR) is 75.3 cm³/mol. The number of benzene rings is 1. The minimum Gasteiger partial charge on any atom is -0.419 e. The molecule has 1 aliphatic rings. The van der Waals surface area contributed by atoms with Gasteiger partial charge in [0.1, 0.15) is 0 Å². The Hall–Kier alpha value is -1.43. The molecule has 6 heteroatoms. The van der Waals surface area contributed by atoms with Gasteiger partial charge in [-0.1, -0.05) is 17.7 Å². The Labute approximate surface area is 122 Å². The average Bonchev–Trinajstić information content (AvgIpc) is 3.18. The fraction of sp³-hybridized carbons (Fsp3) is 0.429. The van der Waals surface area contributed by atoms with Crippen molar-refractivity contribution in [3.63, 3.8) is 0 Å². The van der Waals surface area contributed by atoms with Gasteiger partial charge in [-0.15, -0.1) is 10.2 Å². The zero-order chi connectivity index (χ0) is 13.9. The second-order valence-electron chi connectivity index (χ2n) is 4.94. The molecule has 1 fully saturated rings. The number of hydrogen-bond acceptors (Lipinski definition) is 5. The lowest BCUT2D eigenvalue weighted by molar-refractivity contribution is 0.172. The summed E-state index contributed by atoms with van der Waals surface area (Å²) in [7, 11) is 0. The lowest BCUT2D eigenvalue weighted by Gasteiger charge is -2.17. The van der Waals surface area contributed by atoms with Crippen LogP contribution < -0.4 is 0 Å². The molecular weight excluding hydrogens is 278 g/mol. The highest BCUT2D eigenvalue weighted by Gasteiger charge is 2.29. The standard InChI is InChI=1S/C14H16ClN3O2/c15-11-3-1-2-10(8-11)14-17-16-13(20-14)9-18(6-7-19)12-4-5-12/h1-3,8,12,19H,4-7,9H2. The number of hydrogen-bond donors (Lipinski definition) is 1. The van der Waals surface area contributed by atoms with Gasteiger partial charge < -0.3 is 9.52 Å². The van der Waals surface area contributed by atoms with E-state index in [9.17, 15) is 0 Å². The molecule has 2 aromatic rings. The summed E-state index contributed by atoms with van der Waals surface area (Å²) in [5.41, 5.74) is 0.816. The summed E-state index contributed by atoms with van der Waals surface area (Å²) < 4.78 is 5.68. The Kier molecular flexibility index (Phi) is 4.00. The maximum Gasteiger partial charge on any atom is 0.247 e. The van der Waals surface area contributed by atoms with E-state index in [0.717, 1.165) is 5.56 Å². The molecule has 5 nitrogen and oxygen atoms in total. The fourth-order valence-electron chi connectivity index (χ4n) is 2.19. The maximum absolute atomic E-state index is 9.08. The van der Waals surface area contributed by atoms with E-state index in [1.54, 1.807) is 12.1 Å². The second-order valence-corrected chi connectivity index (χ2v) is 5.37. The van der Waals surface area contributed by atoms with Crippen molar-refractivity contribution in [1.82, 2.24) is 15.1 Å². The molecule has 1 aliphatic carbocycles. The topological polar surface area (TPSA) is 62.4 Å². The summed E-state index contributed by atoms with van der Waals surface area (Å²) >= 11 is 5.95. The first-order chi connectivity index (χ1) is 9.76. The second kappa shape index (κ2) is 5.91. The minimum absolute atomic E-state index is 0.145. The molecule has 0 radical (unpaired) electrons. The molecular formula is C14H16ClN3O2. The molecule has 0 spiro atoms. The summed E-state index contributed by atoms with van der Waals surface area (Å²) in [4.78, 5) is 2.18. The highest BCUT2D eigenvalue weighted by molar-refractivity contribution is 6.30. The van der Waals surface area contributed by atoms with E-state index in [2.05, 4.69) is 15.1 Å². The first-order valence-corrected chi connectivity index (χ1v) is 7.07. The SMILES string of the molecule is OCCN(Cc1nnc(-c2cccc(Cl)c2)o1)C1CC1. The quantitative estimate of drug-likeness (QED) is 0.886. The highest BCUT2D eigenvalue weighted by atomic mass is 35.5. The van der Waals surface area contributed by atoms with Crippen molar-refractivity contribution >= 4 is 11.6 Å². The molecule has 1 N–H and O–H groups in total. The molecule has 1 heterocycles. The van der Waals surface area contributed by atoms with Crippen molar-refractivity contribution in [2.75, 3.05) is 13.2 Å². The van der Waals surface area contributed by atoms with Crippen LogP contribution >= 0.6 is 11.6 Å². The fourth-order valence-corrected chi connectivity index (χ4v) is 2.38. The van der Waals surface area contributed by atoms with Gasteiger partial charge in [-0.2, -0.15) is 0 Å². The van der Waals surface area contributed by atoms with Crippen LogP contribution in [0.4, 0.5) is 0 Å². The molecule has 20 heavy (non-hydrogen) atoms. The first kappa shape index (κ1) is 13.5. The normalized spacial score (nSPS) is 14.9. The molecule has 0 atom stereocenters. The summed E-state index contributed by atoms with van der Waals surface area (Å²) in [6.07, 6.45) is 2.35.